The lowest BCUT2D eigenvalue weighted by Crippen LogP contribution is -2.17. The van der Waals surface area contributed by atoms with Gasteiger partial charge >= 0.3 is 5.97 Å². The van der Waals surface area contributed by atoms with Gasteiger partial charge in [0.25, 0.3) is 5.91 Å². The van der Waals surface area contributed by atoms with Gasteiger partial charge in [-0.25, -0.2) is 10.2 Å². The van der Waals surface area contributed by atoms with Crippen LogP contribution >= 0.6 is 23.2 Å². The zero-order valence-electron chi connectivity index (χ0n) is 16.7. The fourth-order valence-corrected chi connectivity index (χ4v) is 2.87. The Labute approximate surface area is 189 Å². The fourth-order valence-electron chi connectivity index (χ4n) is 2.57. The molecule has 0 aromatic heterocycles. The van der Waals surface area contributed by atoms with Gasteiger partial charge in [0, 0.05) is 5.56 Å². The molecule has 0 fully saturated rings. The van der Waals surface area contributed by atoms with E-state index in [0.29, 0.717) is 27.5 Å². The first kappa shape index (κ1) is 22.3. The third-order valence-electron chi connectivity index (χ3n) is 4.24. The molecule has 3 aromatic rings. The molecule has 0 aliphatic carbocycles. The van der Waals surface area contributed by atoms with Crippen molar-refractivity contribution in [2.75, 3.05) is 7.11 Å². The number of aryl methyl sites for hydroxylation is 1. The molecule has 0 unspecified atom stereocenters. The molecule has 0 radical (unpaired) electrons. The highest BCUT2D eigenvalue weighted by molar-refractivity contribution is 6.42. The molecule has 0 heterocycles. The van der Waals surface area contributed by atoms with Crippen LogP contribution in [0.25, 0.3) is 0 Å². The van der Waals surface area contributed by atoms with E-state index in [-0.39, 0.29) is 10.8 Å². The first-order chi connectivity index (χ1) is 14.9. The van der Waals surface area contributed by atoms with Gasteiger partial charge in [-0.05, 0) is 61.0 Å². The highest BCUT2D eigenvalue weighted by Crippen LogP contribution is 2.28. The number of rotatable bonds is 6. The van der Waals surface area contributed by atoms with Crippen LogP contribution in [0.3, 0.4) is 0 Å². The topological polar surface area (TPSA) is 77.0 Å². The van der Waals surface area contributed by atoms with Crippen LogP contribution in [0, 0.1) is 6.92 Å². The van der Waals surface area contributed by atoms with E-state index in [4.69, 9.17) is 32.7 Å². The molecule has 0 bridgehead atoms. The predicted molar refractivity (Wildman–Crippen MR) is 121 cm³/mol. The van der Waals surface area contributed by atoms with E-state index in [9.17, 15) is 9.59 Å². The van der Waals surface area contributed by atoms with E-state index in [0.717, 1.165) is 5.56 Å². The molecule has 3 rings (SSSR count). The average Bonchev–Trinajstić information content (AvgIpc) is 2.76. The number of hydrogen-bond acceptors (Lipinski definition) is 5. The van der Waals surface area contributed by atoms with Crippen molar-refractivity contribution in [3.63, 3.8) is 0 Å². The number of ether oxygens (including phenoxy) is 2. The molecule has 31 heavy (non-hydrogen) atoms. The Morgan fingerprint density at radius 2 is 1.61 bits per heavy atom. The molecule has 3 aromatic carbocycles. The van der Waals surface area contributed by atoms with Gasteiger partial charge in [0.1, 0.15) is 0 Å². The second kappa shape index (κ2) is 10.1. The van der Waals surface area contributed by atoms with Crippen molar-refractivity contribution in [1.82, 2.24) is 5.43 Å². The van der Waals surface area contributed by atoms with Gasteiger partial charge in [0.15, 0.2) is 11.5 Å². The molecule has 158 valence electrons. The lowest BCUT2D eigenvalue weighted by Gasteiger charge is -2.10. The summed E-state index contributed by atoms with van der Waals surface area (Å²) < 4.78 is 10.7. The van der Waals surface area contributed by atoms with Crippen molar-refractivity contribution in [2.24, 2.45) is 5.10 Å². The summed E-state index contributed by atoms with van der Waals surface area (Å²) >= 11 is 11.8. The number of carbonyl (C=O) groups is 2. The molecule has 0 saturated heterocycles. The van der Waals surface area contributed by atoms with Crippen LogP contribution < -0.4 is 14.9 Å². The van der Waals surface area contributed by atoms with Gasteiger partial charge in [0.05, 0.1) is 28.9 Å². The third kappa shape index (κ3) is 5.84. The Kier molecular flexibility index (Phi) is 7.28. The van der Waals surface area contributed by atoms with Gasteiger partial charge in [0.2, 0.25) is 0 Å². The molecule has 8 heteroatoms. The highest BCUT2D eigenvalue weighted by atomic mass is 35.5. The number of nitrogens with zero attached hydrogens (tertiary/aromatic N) is 1. The van der Waals surface area contributed by atoms with Crippen molar-refractivity contribution in [2.45, 2.75) is 6.92 Å². The van der Waals surface area contributed by atoms with Gasteiger partial charge in [-0.1, -0.05) is 40.9 Å². The molecule has 0 saturated carbocycles. The Bertz CT molecular complexity index is 1140. The molecule has 0 atom stereocenters. The van der Waals surface area contributed by atoms with Crippen molar-refractivity contribution in [3.8, 4) is 11.5 Å². The van der Waals surface area contributed by atoms with Gasteiger partial charge < -0.3 is 9.47 Å². The van der Waals surface area contributed by atoms with Crippen LogP contribution in [0.2, 0.25) is 10.0 Å². The number of amides is 1. The minimum atomic E-state index is -0.514. The molecular formula is C23H18Cl2N2O4. The summed E-state index contributed by atoms with van der Waals surface area (Å²) in [5.41, 5.74) is 4.76. The van der Waals surface area contributed by atoms with Crippen molar-refractivity contribution < 1.29 is 19.1 Å². The standard InChI is InChI=1S/C23H18Cl2N2O4/c1-14-3-6-16(7-4-14)23(29)31-21-11-15(5-10-20(21)30-2)13-26-27-22(28)17-8-9-18(24)19(25)12-17/h3-13H,1-2H3,(H,27,28)/b26-13-. The SMILES string of the molecule is COc1ccc(/C=N\NC(=O)c2ccc(Cl)c(Cl)c2)cc1OC(=O)c1ccc(C)cc1. The van der Waals surface area contributed by atoms with Gasteiger partial charge in [-0.15, -0.1) is 0 Å². The first-order valence-electron chi connectivity index (χ1n) is 9.12. The Hall–Kier alpha value is -3.35. The maximum atomic E-state index is 12.4. The van der Waals surface area contributed by atoms with E-state index in [2.05, 4.69) is 10.5 Å². The summed E-state index contributed by atoms with van der Waals surface area (Å²) in [5, 5.41) is 4.56. The Morgan fingerprint density at radius 3 is 2.29 bits per heavy atom. The monoisotopic (exact) mass is 456 g/mol. The summed E-state index contributed by atoms with van der Waals surface area (Å²) in [6, 6.07) is 16.5. The van der Waals surface area contributed by atoms with Crippen molar-refractivity contribution >= 4 is 41.3 Å². The highest BCUT2D eigenvalue weighted by Gasteiger charge is 2.13. The normalized spacial score (nSPS) is 10.7. The summed E-state index contributed by atoms with van der Waals surface area (Å²) in [4.78, 5) is 24.6. The maximum Gasteiger partial charge on any atom is 0.343 e. The largest absolute Gasteiger partial charge is 0.493 e. The van der Waals surface area contributed by atoms with Crippen LogP contribution in [-0.2, 0) is 0 Å². The quantitative estimate of drug-likeness (QED) is 0.236. The van der Waals surface area contributed by atoms with Crippen molar-refractivity contribution in [3.05, 3.63) is 93.0 Å². The zero-order valence-corrected chi connectivity index (χ0v) is 18.2. The fraction of sp³-hybridized carbons (Fsp3) is 0.0870. The summed E-state index contributed by atoms with van der Waals surface area (Å²) in [6.45, 7) is 1.93. The Morgan fingerprint density at radius 1 is 0.903 bits per heavy atom. The van der Waals surface area contributed by atoms with Crippen LogP contribution in [0.15, 0.2) is 65.8 Å². The third-order valence-corrected chi connectivity index (χ3v) is 4.98. The predicted octanol–water partition coefficient (Wildman–Crippen LogP) is 5.29. The average molecular weight is 457 g/mol. The number of nitrogens with one attached hydrogen (secondary N) is 1. The Balaban J connectivity index is 1.71. The minimum absolute atomic E-state index is 0.229. The number of hydrazone groups is 1. The first-order valence-corrected chi connectivity index (χ1v) is 9.88. The van der Waals surface area contributed by atoms with E-state index in [1.165, 1.54) is 31.5 Å². The number of methoxy groups -OCH3 is 1. The number of esters is 1. The molecule has 1 amide bonds. The van der Waals surface area contributed by atoms with Crippen LogP contribution in [-0.4, -0.2) is 25.2 Å². The van der Waals surface area contributed by atoms with E-state index < -0.39 is 11.9 Å². The maximum absolute atomic E-state index is 12.4. The van der Waals surface area contributed by atoms with E-state index in [1.54, 1.807) is 30.3 Å². The second-order valence-corrected chi connectivity index (χ2v) is 7.31. The smallest absolute Gasteiger partial charge is 0.343 e. The van der Waals surface area contributed by atoms with Crippen LogP contribution in [0.1, 0.15) is 31.8 Å². The summed E-state index contributed by atoms with van der Waals surface area (Å²) in [7, 11) is 1.48. The van der Waals surface area contributed by atoms with Gasteiger partial charge in [-0.2, -0.15) is 5.10 Å². The molecule has 0 spiro atoms. The van der Waals surface area contributed by atoms with Crippen LogP contribution in [0.5, 0.6) is 11.5 Å². The number of benzene rings is 3. The molecule has 0 aliphatic rings. The zero-order chi connectivity index (χ0) is 22.4. The molecule has 0 aliphatic heterocycles. The molecular weight excluding hydrogens is 439 g/mol. The van der Waals surface area contributed by atoms with Crippen molar-refractivity contribution in [1.29, 1.82) is 0 Å². The second-order valence-electron chi connectivity index (χ2n) is 6.49. The number of carbonyl (C=O) groups excluding carboxylic acids is 2. The molecule has 1 N–H and O–H groups in total. The minimum Gasteiger partial charge on any atom is -0.493 e. The summed E-state index contributed by atoms with van der Waals surface area (Å²) in [5.74, 6) is -0.347. The molecule has 6 nitrogen and oxygen atoms in total. The number of halogens is 2. The van der Waals surface area contributed by atoms with Gasteiger partial charge in [-0.3, -0.25) is 4.79 Å². The van der Waals surface area contributed by atoms with Crippen LogP contribution in [0.4, 0.5) is 0 Å². The van der Waals surface area contributed by atoms with E-state index in [1.807, 2.05) is 19.1 Å². The summed E-state index contributed by atoms with van der Waals surface area (Å²) in [6.07, 6.45) is 1.41. The lowest BCUT2D eigenvalue weighted by molar-refractivity contribution is 0.0729. The number of hydrogen-bond donors (Lipinski definition) is 1. The lowest BCUT2D eigenvalue weighted by atomic mass is 10.1. The van der Waals surface area contributed by atoms with E-state index >= 15 is 0 Å².